The van der Waals surface area contributed by atoms with Gasteiger partial charge in [-0.3, -0.25) is 9.03 Å². The van der Waals surface area contributed by atoms with E-state index in [2.05, 4.69) is 4.72 Å². The highest BCUT2D eigenvalue weighted by Gasteiger charge is 2.28. The molecule has 25 heavy (non-hydrogen) atoms. The van der Waals surface area contributed by atoms with E-state index in [4.69, 9.17) is 0 Å². The molecule has 0 amide bonds. The number of rotatable bonds is 6. The zero-order valence-corrected chi connectivity index (χ0v) is 15.3. The molecule has 1 N–H and O–H groups in total. The van der Waals surface area contributed by atoms with Gasteiger partial charge in [-0.1, -0.05) is 30.3 Å². The predicted molar refractivity (Wildman–Crippen MR) is 99.7 cm³/mol. The van der Waals surface area contributed by atoms with Crippen LogP contribution in [0.1, 0.15) is 12.0 Å². The highest BCUT2D eigenvalue weighted by Crippen LogP contribution is 2.25. The Morgan fingerprint density at radius 1 is 1.00 bits per heavy atom. The topological polar surface area (TPSA) is 83.6 Å². The summed E-state index contributed by atoms with van der Waals surface area (Å²) < 4.78 is 52.1. The molecule has 1 aliphatic rings. The van der Waals surface area contributed by atoms with Crippen molar-refractivity contribution < 1.29 is 16.8 Å². The molecule has 134 valence electrons. The highest BCUT2D eigenvalue weighted by molar-refractivity contribution is 7.93. The van der Waals surface area contributed by atoms with Crippen molar-refractivity contribution in [1.82, 2.24) is 0 Å². The summed E-state index contributed by atoms with van der Waals surface area (Å²) in [7, 11) is -6.70. The van der Waals surface area contributed by atoms with Crippen molar-refractivity contribution in [2.24, 2.45) is 0 Å². The summed E-state index contributed by atoms with van der Waals surface area (Å²) >= 11 is 0. The number of nitrogens with zero attached hydrogens (tertiary/aromatic N) is 1. The Labute approximate surface area is 148 Å². The molecule has 1 fully saturated rings. The number of hydrogen-bond donors (Lipinski definition) is 1. The minimum atomic E-state index is -3.47. The van der Waals surface area contributed by atoms with Gasteiger partial charge in [0.05, 0.1) is 17.2 Å². The molecular formula is C17H20N2O4S2. The summed E-state index contributed by atoms with van der Waals surface area (Å²) in [5, 5.41) is 0. The fourth-order valence-electron chi connectivity index (χ4n) is 2.75. The van der Waals surface area contributed by atoms with Gasteiger partial charge in [0.2, 0.25) is 20.0 Å². The lowest BCUT2D eigenvalue weighted by Gasteiger charge is -2.17. The van der Waals surface area contributed by atoms with Gasteiger partial charge < -0.3 is 0 Å². The average Bonchev–Trinajstić information content (AvgIpc) is 2.94. The molecule has 0 saturated carbocycles. The third-order valence-corrected chi connectivity index (χ3v) is 7.19. The molecule has 1 aliphatic heterocycles. The molecule has 1 heterocycles. The molecule has 8 heteroatoms. The van der Waals surface area contributed by atoms with E-state index >= 15 is 0 Å². The van der Waals surface area contributed by atoms with E-state index in [1.807, 2.05) is 30.3 Å². The summed E-state index contributed by atoms with van der Waals surface area (Å²) in [5.74, 6) is 0.139. The SMILES string of the molecule is O=S(=O)(CCc1ccccc1)Nc1ccc(N2CCCS2(=O)=O)cc1. The van der Waals surface area contributed by atoms with Crippen LogP contribution < -0.4 is 9.03 Å². The number of nitrogens with one attached hydrogen (secondary N) is 1. The highest BCUT2D eigenvalue weighted by atomic mass is 32.2. The van der Waals surface area contributed by atoms with Crippen LogP contribution in [-0.4, -0.2) is 34.9 Å². The van der Waals surface area contributed by atoms with Crippen LogP contribution in [0.2, 0.25) is 0 Å². The first-order valence-corrected chi connectivity index (χ1v) is 11.3. The van der Waals surface area contributed by atoms with Gasteiger partial charge in [-0.05, 0) is 42.7 Å². The zero-order chi connectivity index (χ0) is 17.9. The molecular weight excluding hydrogens is 360 g/mol. The molecule has 0 bridgehead atoms. The molecule has 0 unspecified atom stereocenters. The molecule has 0 radical (unpaired) electrons. The van der Waals surface area contributed by atoms with Gasteiger partial charge >= 0.3 is 0 Å². The van der Waals surface area contributed by atoms with Crippen molar-refractivity contribution in [3.63, 3.8) is 0 Å². The first-order chi connectivity index (χ1) is 11.9. The van der Waals surface area contributed by atoms with Crippen molar-refractivity contribution >= 4 is 31.4 Å². The summed E-state index contributed by atoms with van der Waals surface area (Å²) in [6.45, 7) is 0.463. The Balaban J connectivity index is 1.64. The van der Waals surface area contributed by atoms with Gasteiger partial charge in [-0.25, -0.2) is 16.8 Å². The lowest BCUT2D eigenvalue weighted by Crippen LogP contribution is -2.25. The summed E-state index contributed by atoms with van der Waals surface area (Å²) in [6, 6.07) is 15.8. The summed E-state index contributed by atoms with van der Waals surface area (Å²) in [6.07, 6.45) is 1.04. The first kappa shape index (κ1) is 17.8. The number of anilines is 2. The Bertz CT molecular complexity index is 924. The Morgan fingerprint density at radius 2 is 1.68 bits per heavy atom. The minimum absolute atomic E-state index is 0.0146. The van der Waals surface area contributed by atoms with Crippen molar-refractivity contribution in [3.05, 3.63) is 60.2 Å². The predicted octanol–water partition coefficient (Wildman–Crippen LogP) is 2.21. The quantitative estimate of drug-likeness (QED) is 0.833. The Hall–Kier alpha value is -2.06. The van der Waals surface area contributed by atoms with Crippen LogP contribution >= 0.6 is 0 Å². The second-order valence-electron chi connectivity index (χ2n) is 5.95. The van der Waals surface area contributed by atoms with E-state index in [1.54, 1.807) is 24.3 Å². The van der Waals surface area contributed by atoms with Crippen LogP contribution in [0.25, 0.3) is 0 Å². The molecule has 0 atom stereocenters. The normalized spacial score (nSPS) is 16.7. The van der Waals surface area contributed by atoms with Gasteiger partial charge in [-0.2, -0.15) is 0 Å². The maximum absolute atomic E-state index is 12.2. The molecule has 6 nitrogen and oxygen atoms in total. The van der Waals surface area contributed by atoms with Crippen molar-refractivity contribution in [2.45, 2.75) is 12.8 Å². The minimum Gasteiger partial charge on any atom is -0.284 e. The molecule has 0 aliphatic carbocycles. The van der Waals surface area contributed by atoms with E-state index in [1.165, 1.54) is 4.31 Å². The van der Waals surface area contributed by atoms with E-state index in [9.17, 15) is 16.8 Å². The van der Waals surface area contributed by atoms with E-state index in [-0.39, 0.29) is 11.5 Å². The molecule has 1 saturated heterocycles. The largest absolute Gasteiger partial charge is 0.284 e. The van der Waals surface area contributed by atoms with Gasteiger partial charge in [0.15, 0.2) is 0 Å². The average molecular weight is 380 g/mol. The van der Waals surface area contributed by atoms with Gasteiger partial charge in [0.25, 0.3) is 0 Å². The fraction of sp³-hybridized carbons (Fsp3) is 0.294. The number of hydrogen-bond acceptors (Lipinski definition) is 4. The Morgan fingerprint density at radius 3 is 2.28 bits per heavy atom. The number of sulfonamides is 2. The van der Waals surface area contributed by atoms with Crippen molar-refractivity contribution in [1.29, 1.82) is 0 Å². The third-order valence-electron chi connectivity index (χ3n) is 4.03. The molecule has 0 spiro atoms. The van der Waals surface area contributed by atoms with Crippen LogP contribution in [0.3, 0.4) is 0 Å². The van der Waals surface area contributed by atoms with E-state index in [0.717, 1.165) is 5.56 Å². The van der Waals surface area contributed by atoms with Crippen molar-refractivity contribution in [2.75, 3.05) is 27.1 Å². The summed E-state index contributed by atoms with van der Waals surface area (Å²) in [5.41, 5.74) is 1.95. The molecule has 3 rings (SSSR count). The van der Waals surface area contributed by atoms with E-state index < -0.39 is 20.0 Å². The number of benzene rings is 2. The standard InChI is InChI=1S/C17H20N2O4S2/c20-24(21,14-11-15-5-2-1-3-6-15)18-16-7-9-17(10-8-16)19-12-4-13-25(19,22)23/h1-3,5-10,18H,4,11-14H2. The van der Waals surface area contributed by atoms with Crippen LogP contribution in [0.4, 0.5) is 11.4 Å². The van der Waals surface area contributed by atoms with Gasteiger partial charge in [0.1, 0.15) is 0 Å². The lowest BCUT2D eigenvalue weighted by molar-refractivity contribution is 0.598. The molecule has 2 aromatic carbocycles. The van der Waals surface area contributed by atoms with Crippen LogP contribution in [-0.2, 0) is 26.5 Å². The maximum atomic E-state index is 12.2. The lowest BCUT2D eigenvalue weighted by atomic mass is 10.2. The number of aryl methyl sites for hydroxylation is 1. The Kier molecular flexibility index (Phi) is 5.01. The second kappa shape index (κ2) is 7.05. The fourth-order valence-corrected chi connectivity index (χ4v) is 5.42. The third kappa shape index (κ3) is 4.52. The van der Waals surface area contributed by atoms with Gasteiger partial charge in [-0.15, -0.1) is 0 Å². The van der Waals surface area contributed by atoms with Crippen LogP contribution in [0, 0.1) is 0 Å². The summed E-state index contributed by atoms with van der Waals surface area (Å²) in [4.78, 5) is 0. The van der Waals surface area contributed by atoms with Crippen molar-refractivity contribution in [3.8, 4) is 0 Å². The second-order valence-corrected chi connectivity index (χ2v) is 9.80. The maximum Gasteiger partial charge on any atom is 0.235 e. The molecule has 2 aromatic rings. The van der Waals surface area contributed by atoms with Crippen LogP contribution in [0.15, 0.2) is 54.6 Å². The smallest absolute Gasteiger partial charge is 0.235 e. The van der Waals surface area contributed by atoms with E-state index in [0.29, 0.717) is 30.8 Å². The monoisotopic (exact) mass is 380 g/mol. The van der Waals surface area contributed by atoms with Gasteiger partial charge in [0, 0.05) is 12.2 Å². The molecule has 0 aromatic heterocycles. The van der Waals surface area contributed by atoms with Crippen LogP contribution in [0.5, 0.6) is 0 Å². The zero-order valence-electron chi connectivity index (χ0n) is 13.6. The first-order valence-electron chi connectivity index (χ1n) is 8.01.